The Balaban J connectivity index is 1.67. The molecule has 0 unspecified atom stereocenters. The lowest BCUT2D eigenvalue weighted by molar-refractivity contribution is -0.122. The van der Waals surface area contributed by atoms with Gasteiger partial charge in [0.05, 0.1) is 30.1 Å². The van der Waals surface area contributed by atoms with Gasteiger partial charge in [-0.3, -0.25) is 14.6 Å². The Labute approximate surface area is 163 Å². The third kappa shape index (κ3) is 3.49. The summed E-state index contributed by atoms with van der Waals surface area (Å²) in [6, 6.07) is 13.7. The Hall–Kier alpha value is -1.53. The van der Waals surface area contributed by atoms with Gasteiger partial charge < -0.3 is 4.74 Å². The topological polar surface area (TPSA) is 32.8 Å². The summed E-state index contributed by atoms with van der Waals surface area (Å²) in [6.45, 7) is 6.00. The lowest BCUT2D eigenvalue weighted by atomic mass is 10.2. The van der Waals surface area contributed by atoms with Crippen molar-refractivity contribution in [2.75, 3.05) is 24.5 Å². The van der Waals surface area contributed by atoms with E-state index in [-0.39, 0.29) is 18.1 Å². The summed E-state index contributed by atoms with van der Waals surface area (Å²) in [5.74, 6) is 0.0579. The largest absolute Gasteiger partial charge is 0.373 e. The first-order valence-electron chi connectivity index (χ1n) is 8.78. The molecule has 2 aromatic carbocycles. The lowest BCUT2D eigenvalue weighted by Crippen LogP contribution is -2.49. The van der Waals surface area contributed by atoms with Crippen LogP contribution in [-0.4, -0.2) is 42.6 Å². The van der Waals surface area contributed by atoms with Crippen LogP contribution in [0.1, 0.15) is 13.8 Å². The van der Waals surface area contributed by atoms with Crippen LogP contribution in [0.2, 0.25) is 5.02 Å². The summed E-state index contributed by atoms with van der Waals surface area (Å²) in [5, 5.41) is 0.634. The van der Waals surface area contributed by atoms with Gasteiger partial charge in [-0.15, -0.1) is 0 Å². The third-order valence-corrected chi connectivity index (χ3v) is 5.96. The van der Waals surface area contributed by atoms with Gasteiger partial charge in [-0.2, -0.15) is 0 Å². The smallest absolute Gasteiger partial charge is 0.245 e. The minimum Gasteiger partial charge on any atom is -0.373 e. The molecule has 0 radical (unpaired) electrons. The number of hydrogen-bond donors (Lipinski definition) is 0. The molecule has 2 aromatic rings. The number of fused-ring (bicyclic) bond motifs is 2. The van der Waals surface area contributed by atoms with Crippen LogP contribution in [0.15, 0.2) is 52.3 Å². The molecule has 0 spiro atoms. The number of nitrogens with zero attached hydrogens (tertiary/aromatic N) is 2. The van der Waals surface area contributed by atoms with Gasteiger partial charge >= 0.3 is 0 Å². The molecule has 2 aliphatic heterocycles. The van der Waals surface area contributed by atoms with Crippen molar-refractivity contribution in [3.8, 4) is 0 Å². The van der Waals surface area contributed by atoms with Crippen LogP contribution in [-0.2, 0) is 9.53 Å². The van der Waals surface area contributed by atoms with Crippen molar-refractivity contribution in [1.29, 1.82) is 0 Å². The third-order valence-electron chi connectivity index (χ3n) is 4.59. The number of para-hydroxylation sites is 1. The van der Waals surface area contributed by atoms with E-state index in [1.807, 2.05) is 41.3 Å². The fourth-order valence-corrected chi connectivity index (χ4v) is 4.88. The van der Waals surface area contributed by atoms with Gasteiger partial charge in [0.2, 0.25) is 5.91 Å². The van der Waals surface area contributed by atoms with E-state index in [0.717, 1.165) is 34.3 Å². The van der Waals surface area contributed by atoms with Crippen molar-refractivity contribution in [2.45, 2.75) is 35.8 Å². The SMILES string of the molecule is C[C@@H]1CN(CC(=O)N2c3ccccc3Sc3ccc(Cl)cc32)C[C@@H](C)O1. The summed E-state index contributed by atoms with van der Waals surface area (Å²) in [6.07, 6.45) is 0.273. The molecule has 2 aliphatic rings. The molecule has 26 heavy (non-hydrogen) atoms. The molecule has 2 heterocycles. The highest BCUT2D eigenvalue weighted by Gasteiger charge is 2.31. The normalized spacial score (nSPS) is 22.7. The highest BCUT2D eigenvalue weighted by molar-refractivity contribution is 7.99. The first kappa shape index (κ1) is 17.9. The molecular weight excluding hydrogens is 368 g/mol. The van der Waals surface area contributed by atoms with Crippen molar-refractivity contribution >= 4 is 40.6 Å². The number of morpholine rings is 1. The van der Waals surface area contributed by atoms with Crippen LogP contribution in [0.25, 0.3) is 0 Å². The number of benzene rings is 2. The van der Waals surface area contributed by atoms with Crippen LogP contribution in [0.5, 0.6) is 0 Å². The number of rotatable bonds is 2. The van der Waals surface area contributed by atoms with Crippen molar-refractivity contribution in [3.63, 3.8) is 0 Å². The first-order valence-corrected chi connectivity index (χ1v) is 9.98. The molecule has 4 nitrogen and oxygen atoms in total. The van der Waals surface area contributed by atoms with E-state index in [1.54, 1.807) is 11.8 Å². The fourth-order valence-electron chi connectivity index (χ4n) is 3.67. The minimum absolute atomic E-state index is 0.0579. The maximum atomic E-state index is 13.3. The summed E-state index contributed by atoms with van der Waals surface area (Å²) in [5.41, 5.74) is 1.78. The lowest BCUT2D eigenvalue weighted by Gasteiger charge is -2.37. The summed E-state index contributed by atoms with van der Waals surface area (Å²) in [4.78, 5) is 19.4. The van der Waals surface area contributed by atoms with Crippen LogP contribution in [0.3, 0.4) is 0 Å². The molecule has 4 rings (SSSR count). The molecule has 6 heteroatoms. The van der Waals surface area contributed by atoms with E-state index < -0.39 is 0 Å². The van der Waals surface area contributed by atoms with Gasteiger partial charge in [0.25, 0.3) is 0 Å². The van der Waals surface area contributed by atoms with Gasteiger partial charge in [0.15, 0.2) is 0 Å². The van der Waals surface area contributed by atoms with Crippen LogP contribution < -0.4 is 4.90 Å². The van der Waals surface area contributed by atoms with Crippen LogP contribution in [0, 0.1) is 0 Å². The zero-order valence-electron chi connectivity index (χ0n) is 14.8. The molecule has 0 bridgehead atoms. The highest BCUT2D eigenvalue weighted by atomic mass is 35.5. The van der Waals surface area contributed by atoms with Gasteiger partial charge in [-0.05, 0) is 44.2 Å². The molecular formula is C20H21ClN2O2S. The molecule has 136 valence electrons. The Bertz CT molecular complexity index is 834. The van der Waals surface area contributed by atoms with Crippen molar-refractivity contribution < 1.29 is 9.53 Å². The number of carbonyl (C=O) groups is 1. The van der Waals surface area contributed by atoms with Crippen molar-refractivity contribution in [2.24, 2.45) is 0 Å². The molecule has 0 N–H and O–H groups in total. The minimum atomic E-state index is 0.0579. The van der Waals surface area contributed by atoms with Crippen molar-refractivity contribution in [3.05, 3.63) is 47.5 Å². The van der Waals surface area contributed by atoms with Crippen molar-refractivity contribution in [1.82, 2.24) is 4.90 Å². The molecule has 2 atom stereocenters. The van der Waals surface area contributed by atoms with E-state index in [4.69, 9.17) is 16.3 Å². The average Bonchev–Trinajstić information content (AvgIpc) is 2.58. The molecule has 1 saturated heterocycles. The molecule has 0 saturated carbocycles. The monoisotopic (exact) mass is 388 g/mol. The maximum absolute atomic E-state index is 13.3. The van der Waals surface area contributed by atoms with E-state index >= 15 is 0 Å². The molecule has 0 aliphatic carbocycles. The van der Waals surface area contributed by atoms with Gasteiger partial charge in [-0.25, -0.2) is 0 Å². The number of ether oxygens (including phenoxy) is 1. The quantitative estimate of drug-likeness (QED) is 0.753. The van der Waals surface area contributed by atoms with Gasteiger partial charge in [-0.1, -0.05) is 35.5 Å². The zero-order chi connectivity index (χ0) is 18.3. The Morgan fingerprint density at radius 1 is 1.12 bits per heavy atom. The van der Waals surface area contributed by atoms with Gasteiger partial charge in [0.1, 0.15) is 0 Å². The zero-order valence-corrected chi connectivity index (χ0v) is 16.4. The van der Waals surface area contributed by atoms with Crippen LogP contribution >= 0.6 is 23.4 Å². The number of hydrogen-bond acceptors (Lipinski definition) is 4. The number of halogens is 1. The summed E-state index contributed by atoms with van der Waals surface area (Å²) in [7, 11) is 0. The second-order valence-electron chi connectivity index (χ2n) is 6.86. The van der Waals surface area contributed by atoms with E-state index in [9.17, 15) is 4.79 Å². The maximum Gasteiger partial charge on any atom is 0.245 e. The molecule has 1 fully saturated rings. The number of anilines is 2. The van der Waals surface area contributed by atoms with Crippen LogP contribution in [0.4, 0.5) is 11.4 Å². The van der Waals surface area contributed by atoms with E-state index in [0.29, 0.717) is 11.6 Å². The summed E-state index contributed by atoms with van der Waals surface area (Å²) >= 11 is 7.90. The Morgan fingerprint density at radius 2 is 1.81 bits per heavy atom. The molecule has 0 aromatic heterocycles. The Morgan fingerprint density at radius 3 is 2.58 bits per heavy atom. The average molecular weight is 389 g/mol. The molecule has 1 amide bonds. The highest BCUT2D eigenvalue weighted by Crippen LogP contribution is 2.48. The predicted octanol–water partition coefficient (Wildman–Crippen LogP) is 4.58. The second kappa shape index (κ2) is 7.24. The predicted molar refractivity (Wildman–Crippen MR) is 106 cm³/mol. The second-order valence-corrected chi connectivity index (χ2v) is 8.38. The van der Waals surface area contributed by atoms with E-state index in [2.05, 4.69) is 24.8 Å². The van der Waals surface area contributed by atoms with Gasteiger partial charge in [0, 0.05) is 27.9 Å². The number of amides is 1. The Kier molecular flexibility index (Phi) is 4.97. The van der Waals surface area contributed by atoms with E-state index in [1.165, 1.54) is 0 Å². The standard InChI is InChI=1S/C20H21ClN2O2S/c1-13-10-22(11-14(2)25-13)12-20(24)23-16-5-3-4-6-18(16)26-19-8-7-15(21)9-17(19)23/h3-9,13-14H,10-12H2,1-2H3/t13-,14-/m1/s1. The number of carbonyl (C=O) groups excluding carboxylic acids is 1. The fraction of sp³-hybridized carbons (Fsp3) is 0.350. The first-order chi connectivity index (χ1) is 12.5. The summed E-state index contributed by atoms with van der Waals surface area (Å²) < 4.78 is 5.78.